The Hall–Kier alpha value is -1.16. The molecule has 1 aromatic heterocycles. The van der Waals surface area contributed by atoms with E-state index in [2.05, 4.69) is 12.0 Å². The van der Waals surface area contributed by atoms with Crippen LogP contribution in [0.3, 0.4) is 0 Å². The van der Waals surface area contributed by atoms with Gasteiger partial charge in [-0.3, -0.25) is 9.48 Å². The number of rotatable bonds is 4. The highest BCUT2D eigenvalue weighted by molar-refractivity contribution is 5.90. The Kier molecular flexibility index (Phi) is 3.33. The lowest BCUT2D eigenvalue weighted by Crippen LogP contribution is -2.46. The topological polar surface area (TPSA) is 60.9 Å². The molecule has 1 aliphatic rings. The van der Waals surface area contributed by atoms with Gasteiger partial charge in [0.25, 0.3) is 0 Å². The highest BCUT2D eigenvalue weighted by Gasteiger charge is 2.36. The Morgan fingerprint density at radius 1 is 1.53 bits per heavy atom. The first-order chi connectivity index (χ1) is 8.05. The van der Waals surface area contributed by atoms with Gasteiger partial charge in [0.15, 0.2) is 5.78 Å². The van der Waals surface area contributed by atoms with Gasteiger partial charge in [0.2, 0.25) is 0 Å². The van der Waals surface area contributed by atoms with Crippen LogP contribution in [-0.4, -0.2) is 21.1 Å². The van der Waals surface area contributed by atoms with Gasteiger partial charge >= 0.3 is 0 Å². The summed E-state index contributed by atoms with van der Waals surface area (Å²) in [6.45, 7) is 2.06. The van der Waals surface area contributed by atoms with Crippen LogP contribution in [0.25, 0.3) is 0 Å². The second-order valence-electron chi connectivity index (χ2n) is 5.07. The minimum atomic E-state index is -0.573. The largest absolute Gasteiger partial charge is 0.319 e. The van der Waals surface area contributed by atoms with Crippen molar-refractivity contribution in [2.45, 2.75) is 51.0 Å². The smallest absolute Gasteiger partial charge is 0.158 e. The molecule has 0 saturated heterocycles. The molecule has 0 atom stereocenters. The average Bonchev–Trinajstić information content (AvgIpc) is 2.87. The zero-order valence-electron chi connectivity index (χ0n) is 10.7. The highest BCUT2D eigenvalue weighted by atomic mass is 16.1. The fourth-order valence-electron chi connectivity index (χ4n) is 2.53. The van der Waals surface area contributed by atoms with Crippen LogP contribution in [0.2, 0.25) is 0 Å². The molecule has 2 N–H and O–H groups in total. The molecule has 94 valence electrons. The van der Waals surface area contributed by atoms with Crippen LogP contribution in [0.5, 0.6) is 0 Å². The summed E-state index contributed by atoms with van der Waals surface area (Å²) in [7, 11) is 1.89. The van der Waals surface area contributed by atoms with Gasteiger partial charge < -0.3 is 5.73 Å². The Labute approximate surface area is 102 Å². The number of hydrogen-bond acceptors (Lipinski definition) is 3. The predicted molar refractivity (Wildman–Crippen MR) is 66.7 cm³/mol. The van der Waals surface area contributed by atoms with E-state index >= 15 is 0 Å². The molecular weight excluding hydrogens is 214 g/mol. The summed E-state index contributed by atoms with van der Waals surface area (Å²) in [6, 6.07) is 2.01. The molecule has 0 aromatic carbocycles. The van der Waals surface area contributed by atoms with Crippen molar-refractivity contribution in [3.8, 4) is 0 Å². The van der Waals surface area contributed by atoms with Crippen molar-refractivity contribution in [3.05, 3.63) is 17.5 Å². The molecule has 1 saturated carbocycles. The van der Waals surface area contributed by atoms with Gasteiger partial charge in [-0.15, -0.1) is 0 Å². The summed E-state index contributed by atoms with van der Waals surface area (Å²) in [5, 5.41) is 4.36. The van der Waals surface area contributed by atoms with E-state index in [1.165, 1.54) is 0 Å². The van der Waals surface area contributed by atoms with E-state index in [0.29, 0.717) is 6.42 Å². The maximum Gasteiger partial charge on any atom is 0.158 e. The van der Waals surface area contributed by atoms with Crippen molar-refractivity contribution in [1.82, 2.24) is 9.78 Å². The molecule has 17 heavy (non-hydrogen) atoms. The molecule has 0 aliphatic heterocycles. The van der Waals surface area contributed by atoms with Gasteiger partial charge in [0, 0.05) is 12.7 Å². The van der Waals surface area contributed by atoms with Crippen LogP contribution < -0.4 is 5.73 Å². The van der Waals surface area contributed by atoms with Crippen LogP contribution in [0.1, 0.15) is 44.0 Å². The molecule has 4 nitrogen and oxygen atoms in total. The zero-order chi connectivity index (χ0) is 12.5. The standard InChI is InChI=1S/C13H21N3O/c1-3-10-8-11(16(2)15-10)9-12(17)13(14)6-4-5-7-13/h8H,3-7,9,14H2,1-2H3. The van der Waals surface area contributed by atoms with E-state index in [1.54, 1.807) is 4.68 Å². The van der Waals surface area contributed by atoms with Gasteiger partial charge in [0.1, 0.15) is 0 Å². The molecule has 1 aliphatic carbocycles. The maximum absolute atomic E-state index is 12.2. The minimum absolute atomic E-state index is 0.167. The minimum Gasteiger partial charge on any atom is -0.319 e. The van der Waals surface area contributed by atoms with Crippen molar-refractivity contribution in [2.75, 3.05) is 0 Å². The van der Waals surface area contributed by atoms with E-state index < -0.39 is 5.54 Å². The number of hydrogen-bond donors (Lipinski definition) is 1. The van der Waals surface area contributed by atoms with Gasteiger partial charge in [-0.25, -0.2) is 0 Å². The molecule has 2 rings (SSSR count). The normalized spacial score (nSPS) is 18.5. The predicted octanol–water partition coefficient (Wildman–Crippen LogP) is 1.37. The number of nitrogens with zero attached hydrogens (tertiary/aromatic N) is 2. The van der Waals surface area contributed by atoms with Crippen molar-refractivity contribution in [2.24, 2.45) is 12.8 Å². The fourth-order valence-corrected chi connectivity index (χ4v) is 2.53. The number of aryl methyl sites for hydroxylation is 2. The molecule has 0 spiro atoms. The van der Waals surface area contributed by atoms with Crippen molar-refractivity contribution < 1.29 is 4.79 Å². The van der Waals surface area contributed by atoms with E-state index in [1.807, 2.05) is 13.1 Å². The molecule has 1 fully saturated rings. The fraction of sp³-hybridized carbons (Fsp3) is 0.692. The number of carbonyl (C=O) groups excluding carboxylic acids is 1. The van der Waals surface area contributed by atoms with Crippen LogP contribution >= 0.6 is 0 Å². The lowest BCUT2D eigenvalue weighted by molar-refractivity contribution is -0.123. The number of ketones is 1. The van der Waals surface area contributed by atoms with Crippen LogP contribution in [-0.2, 0) is 24.7 Å². The summed E-state index contributed by atoms with van der Waals surface area (Å²) >= 11 is 0. The Morgan fingerprint density at radius 3 is 2.71 bits per heavy atom. The van der Waals surface area contributed by atoms with Gasteiger partial charge in [-0.05, 0) is 25.3 Å². The number of aromatic nitrogens is 2. The summed E-state index contributed by atoms with van der Waals surface area (Å²) in [6.07, 6.45) is 5.14. The number of Topliss-reactive ketones (excluding diaryl/α,β-unsaturated/α-hetero) is 1. The summed E-state index contributed by atoms with van der Waals surface area (Å²) < 4.78 is 1.80. The third-order valence-corrected chi connectivity index (χ3v) is 3.78. The maximum atomic E-state index is 12.2. The summed E-state index contributed by atoms with van der Waals surface area (Å²) in [5.74, 6) is 0.167. The Morgan fingerprint density at radius 2 is 2.18 bits per heavy atom. The first-order valence-electron chi connectivity index (χ1n) is 6.39. The van der Waals surface area contributed by atoms with E-state index in [-0.39, 0.29) is 5.78 Å². The van der Waals surface area contributed by atoms with Crippen LogP contribution in [0, 0.1) is 0 Å². The van der Waals surface area contributed by atoms with Crippen LogP contribution in [0.4, 0.5) is 0 Å². The monoisotopic (exact) mass is 235 g/mol. The van der Waals surface area contributed by atoms with Gasteiger partial charge in [0.05, 0.1) is 17.7 Å². The average molecular weight is 235 g/mol. The van der Waals surface area contributed by atoms with Gasteiger partial charge in [-0.1, -0.05) is 19.8 Å². The molecule has 0 amide bonds. The molecule has 0 radical (unpaired) electrons. The van der Waals surface area contributed by atoms with Crippen molar-refractivity contribution in [3.63, 3.8) is 0 Å². The van der Waals surface area contributed by atoms with E-state index in [9.17, 15) is 4.79 Å². The first kappa shape index (κ1) is 12.3. The molecule has 1 heterocycles. The SMILES string of the molecule is CCc1cc(CC(=O)C2(N)CCCC2)n(C)n1. The lowest BCUT2D eigenvalue weighted by atomic mass is 9.90. The molecule has 4 heteroatoms. The Bertz CT molecular complexity index is 416. The van der Waals surface area contributed by atoms with Crippen molar-refractivity contribution in [1.29, 1.82) is 0 Å². The van der Waals surface area contributed by atoms with Crippen molar-refractivity contribution >= 4 is 5.78 Å². The quantitative estimate of drug-likeness (QED) is 0.857. The Balaban J connectivity index is 2.09. The highest BCUT2D eigenvalue weighted by Crippen LogP contribution is 2.29. The number of carbonyl (C=O) groups is 1. The molecule has 1 aromatic rings. The third-order valence-electron chi connectivity index (χ3n) is 3.78. The second-order valence-corrected chi connectivity index (χ2v) is 5.07. The summed E-state index contributed by atoms with van der Waals surface area (Å²) in [4.78, 5) is 12.2. The summed E-state index contributed by atoms with van der Waals surface area (Å²) in [5.41, 5.74) is 7.60. The first-order valence-corrected chi connectivity index (χ1v) is 6.39. The van der Waals surface area contributed by atoms with E-state index in [4.69, 9.17) is 5.73 Å². The van der Waals surface area contributed by atoms with E-state index in [0.717, 1.165) is 43.5 Å². The van der Waals surface area contributed by atoms with Gasteiger partial charge in [-0.2, -0.15) is 5.10 Å². The number of nitrogens with two attached hydrogens (primary N) is 1. The lowest BCUT2D eigenvalue weighted by Gasteiger charge is -2.21. The zero-order valence-corrected chi connectivity index (χ0v) is 10.7. The molecule has 0 unspecified atom stereocenters. The van der Waals surface area contributed by atoms with Crippen LogP contribution in [0.15, 0.2) is 6.07 Å². The molecular formula is C13H21N3O. The third kappa shape index (κ3) is 2.41. The molecule has 0 bridgehead atoms. The second kappa shape index (κ2) is 4.61.